The lowest BCUT2D eigenvalue weighted by molar-refractivity contribution is 0.108. The Morgan fingerprint density at radius 2 is 2.37 bits per heavy atom. The minimum absolute atomic E-state index is 0.270. The highest BCUT2D eigenvalue weighted by Gasteiger charge is 2.23. The van der Waals surface area contributed by atoms with Crippen LogP contribution < -0.4 is 16.8 Å². The van der Waals surface area contributed by atoms with Crippen molar-refractivity contribution in [1.29, 1.82) is 0 Å². The zero-order chi connectivity index (χ0) is 13.4. The van der Waals surface area contributed by atoms with E-state index in [1.165, 1.54) is 0 Å². The van der Waals surface area contributed by atoms with Crippen molar-refractivity contribution in [2.24, 2.45) is 5.92 Å². The molecule has 0 amide bonds. The third-order valence-corrected chi connectivity index (χ3v) is 3.68. The molecule has 2 aromatic rings. The van der Waals surface area contributed by atoms with E-state index in [1.807, 2.05) is 0 Å². The molecule has 0 bridgehead atoms. The lowest BCUT2D eigenvalue weighted by Crippen LogP contribution is -2.21. The number of nitrogens with two attached hydrogens (primary N) is 1. The maximum Gasteiger partial charge on any atom is 0.417 e. The Labute approximate surface area is 109 Å². The summed E-state index contributed by atoms with van der Waals surface area (Å²) in [6, 6.07) is 3.46. The molecule has 1 aromatic heterocycles. The molecule has 102 valence electrons. The van der Waals surface area contributed by atoms with E-state index in [0.717, 1.165) is 25.3 Å². The minimum Gasteiger partial charge on any atom is -0.408 e. The molecule has 19 heavy (non-hydrogen) atoms. The Morgan fingerprint density at radius 3 is 3.11 bits per heavy atom. The number of hydrogen-bond donors (Lipinski definition) is 3. The lowest BCUT2D eigenvalue weighted by Gasteiger charge is -2.16. The maximum atomic E-state index is 11.1. The van der Waals surface area contributed by atoms with Crippen molar-refractivity contribution in [3.63, 3.8) is 0 Å². The molecule has 6 nitrogen and oxygen atoms in total. The standard InChI is InChI=1S/C13H17N3O3/c1-7-8(2-3-18-7)6-15-10-5-11-12(4-9(10)14)19-13(17)16-11/h4-5,7-8,15H,2-3,6,14H2,1H3,(H,16,17). The highest BCUT2D eigenvalue weighted by Crippen LogP contribution is 2.26. The number of ether oxygens (including phenoxy) is 1. The van der Waals surface area contributed by atoms with E-state index in [0.29, 0.717) is 22.7 Å². The summed E-state index contributed by atoms with van der Waals surface area (Å²) >= 11 is 0. The summed E-state index contributed by atoms with van der Waals surface area (Å²) in [6.45, 7) is 3.70. The monoisotopic (exact) mass is 263 g/mol. The van der Waals surface area contributed by atoms with Gasteiger partial charge in [-0.25, -0.2) is 4.79 Å². The van der Waals surface area contributed by atoms with Gasteiger partial charge in [-0.3, -0.25) is 4.98 Å². The maximum absolute atomic E-state index is 11.1. The second-order valence-electron chi connectivity index (χ2n) is 4.96. The third-order valence-electron chi connectivity index (χ3n) is 3.68. The van der Waals surface area contributed by atoms with Crippen LogP contribution in [0, 0.1) is 5.92 Å². The van der Waals surface area contributed by atoms with Gasteiger partial charge in [0, 0.05) is 25.1 Å². The van der Waals surface area contributed by atoms with Crippen molar-refractivity contribution in [2.75, 3.05) is 24.2 Å². The molecule has 0 radical (unpaired) electrons. The summed E-state index contributed by atoms with van der Waals surface area (Å²) < 4.78 is 10.5. The molecule has 4 N–H and O–H groups in total. The van der Waals surface area contributed by atoms with Crippen LogP contribution in [0.25, 0.3) is 11.1 Å². The number of aromatic nitrogens is 1. The molecule has 3 rings (SSSR count). The van der Waals surface area contributed by atoms with Gasteiger partial charge in [0.2, 0.25) is 0 Å². The molecule has 1 fully saturated rings. The zero-order valence-corrected chi connectivity index (χ0v) is 10.7. The summed E-state index contributed by atoms with van der Waals surface area (Å²) in [5, 5.41) is 3.32. The fraction of sp³-hybridized carbons (Fsp3) is 0.462. The number of benzene rings is 1. The second kappa shape index (κ2) is 4.62. The molecular weight excluding hydrogens is 246 g/mol. The number of hydrogen-bond acceptors (Lipinski definition) is 5. The third kappa shape index (κ3) is 2.31. The number of rotatable bonds is 3. The minimum atomic E-state index is -0.468. The van der Waals surface area contributed by atoms with Crippen molar-refractivity contribution >= 4 is 22.5 Å². The molecule has 0 saturated carbocycles. The van der Waals surface area contributed by atoms with E-state index < -0.39 is 5.76 Å². The molecule has 0 aliphatic carbocycles. The van der Waals surface area contributed by atoms with Crippen LogP contribution in [-0.2, 0) is 4.74 Å². The van der Waals surface area contributed by atoms with Crippen molar-refractivity contribution in [1.82, 2.24) is 4.98 Å². The van der Waals surface area contributed by atoms with Crippen molar-refractivity contribution in [3.8, 4) is 0 Å². The van der Waals surface area contributed by atoms with Gasteiger partial charge in [0.1, 0.15) is 0 Å². The first kappa shape index (κ1) is 12.1. The Hall–Kier alpha value is -1.95. The predicted octanol–water partition coefficient (Wildman–Crippen LogP) is 1.54. The highest BCUT2D eigenvalue weighted by atomic mass is 16.5. The summed E-state index contributed by atoms with van der Waals surface area (Å²) in [5.74, 6) is 0.0165. The molecule has 0 spiro atoms. The van der Waals surface area contributed by atoms with E-state index in [9.17, 15) is 4.79 Å². The smallest absolute Gasteiger partial charge is 0.408 e. The van der Waals surface area contributed by atoms with Crippen LogP contribution in [-0.4, -0.2) is 24.2 Å². The van der Waals surface area contributed by atoms with Gasteiger partial charge in [0.15, 0.2) is 5.58 Å². The zero-order valence-electron chi connectivity index (χ0n) is 10.7. The number of nitrogen functional groups attached to an aromatic ring is 1. The molecule has 2 atom stereocenters. The van der Waals surface area contributed by atoms with Crippen LogP contribution in [0.3, 0.4) is 0 Å². The van der Waals surface area contributed by atoms with Gasteiger partial charge in [0.05, 0.1) is 23.0 Å². The molecule has 1 aliphatic heterocycles. The fourth-order valence-electron chi connectivity index (χ4n) is 2.45. The number of nitrogens with one attached hydrogen (secondary N) is 2. The first-order chi connectivity index (χ1) is 9.13. The second-order valence-corrected chi connectivity index (χ2v) is 4.96. The van der Waals surface area contributed by atoms with Crippen molar-refractivity contribution < 1.29 is 9.15 Å². The van der Waals surface area contributed by atoms with Crippen LogP contribution in [0.4, 0.5) is 11.4 Å². The number of anilines is 2. The Morgan fingerprint density at radius 1 is 1.53 bits per heavy atom. The summed E-state index contributed by atoms with van der Waals surface area (Å²) in [4.78, 5) is 13.7. The summed E-state index contributed by atoms with van der Waals surface area (Å²) in [5.41, 5.74) is 8.45. The van der Waals surface area contributed by atoms with Gasteiger partial charge in [0.25, 0.3) is 0 Å². The van der Waals surface area contributed by atoms with E-state index in [2.05, 4.69) is 17.2 Å². The number of H-pyrrole nitrogens is 1. The van der Waals surface area contributed by atoms with Gasteiger partial charge in [-0.15, -0.1) is 0 Å². The normalized spacial score (nSPS) is 23.0. The number of fused-ring (bicyclic) bond motifs is 1. The van der Waals surface area contributed by atoms with Gasteiger partial charge in [-0.2, -0.15) is 0 Å². The average Bonchev–Trinajstić information content (AvgIpc) is 2.91. The number of oxazole rings is 1. The molecule has 2 unspecified atom stereocenters. The van der Waals surface area contributed by atoms with E-state index in [-0.39, 0.29) is 6.10 Å². The Kier molecular flexibility index (Phi) is 2.94. The largest absolute Gasteiger partial charge is 0.417 e. The molecule has 1 saturated heterocycles. The van der Waals surface area contributed by atoms with Crippen LogP contribution >= 0.6 is 0 Å². The number of aromatic amines is 1. The predicted molar refractivity (Wildman–Crippen MR) is 73.3 cm³/mol. The molecule has 1 aromatic carbocycles. The topological polar surface area (TPSA) is 93.3 Å². The first-order valence-electron chi connectivity index (χ1n) is 6.41. The van der Waals surface area contributed by atoms with Crippen molar-refractivity contribution in [2.45, 2.75) is 19.4 Å². The molecule has 6 heteroatoms. The molecule has 1 aliphatic rings. The Bertz CT molecular complexity index is 646. The van der Waals surface area contributed by atoms with Gasteiger partial charge in [-0.1, -0.05) is 0 Å². The quantitative estimate of drug-likeness (QED) is 0.730. The lowest BCUT2D eigenvalue weighted by atomic mass is 10.0. The van der Waals surface area contributed by atoms with Gasteiger partial charge >= 0.3 is 5.76 Å². The SMILES string of the molecule is CC1OCCC1CNc1cc2[nH]c(=O)oc2cc1N. The van der Waals surface area contributed by atoms with Crippen LogP contribution in [0.1, 0.15) is 13.3 Å². The first-order valence-corrected chi connectivity index (χ1v) is 6.41. The van der Waals surface area contributed by atoms with Crippen LogP contribution in [0.15, 0.2) is 21.3 Å². The van der Waals surface area contributed by atoms with Gasteiger partial charge < -0.3 is 20.2 Å². The average molecular weight is 263 g/mol. The van der Waals surface area contributed by atoms with Crippen LogP contribution in [0.5, 0.6) is 0 Å². The fourth-order valence-corrected chi connectivity index (χ4v) is 2.45. The van der Waals surface area contributed by atoms with E-state index in [1.54, 1.807) is 12.1 Å². The Balaban J connectivity index is 1.80. The molecular formula is C13H17N3O3. The molecule has 2 heterocycles. The van der Waals surface area contributed by atoms with Crippen LogP contribution in [0.2, 0.25) is 0 Å². The summed E-state index contributed by atoms with van der Waals surface area (Å²) in [6.07, 6.45) is 1.32. The summed E-state index contributed by atoms with van der Waals surface area (Å²) in [7, 11) is 0. The van der Waals surface area contributed by atoms with Crippen molar-refractivity contribution in [3.05, 3.63) is 22.7 Å². The van der Waals surface area contributed by atoms with Gasteiger partial charge in [-0.05, 0) is 19.4 Å². The van der Waals surface area contributed by atoms with E-state index in [4.69, 9.17) is 14.9 Å². The highest BCUT2D eigenvalue weighted by molar-refractivity contribution is 5.85. The van der Waals surface area contributed by atoms with E-state index >= 15 is 0 Å².